The summed E-state index contributed by atoms with van der Waals surface area (Å²) in [5.41, 5.74) is 16.8. The molecule has 4 aliphatic rings. The van der Waals surface area contributed by atoms with E-state index in [1.165, 1.54) is 50.6 Å². The Balaban J connectivity index is 1.23. The Hall–Kier alpha value is -6.95. The molecule has 0 spiro atoms. The number of allylic oxidation sites excluding steroid dienone is 12. The lowest BCUT2D eigenvalue weighted by molar-refractivity contribution is 0.988. The van der Waals surface area contributed by atoms with E-state index in [1.54, 1.807) is 0 Å². The second kappa shape index (κ2) is 14.6. The number of hydrogen-bond donors (Lipinski definition) is 0. The van der Waals surface area contributed by atoms with Crippen LogP contribution in [0, 0.1) is 22.7 Å². The fourth-order valence-electron chi connectivity index (χ4n) is 7.85. The van der Waals surface area contributed by atoms with E-state index in [0.717, 1.165) is 47.4 Å². The lowest BCUT2D eigenvalue weighted by Crippen LogP contribution is -2.27. The van der Waals surface area contributed by atoms with Gasteiger partial charge in [0, 0.05) is 41.3 Å². The van der Waals surface area contributed by atoms with E-state index in [0.29, 0.717) is 12.1 Å². The van der Waals surface area contributed by atoms with Gasteiger partial charge in [0.05, 0.1) is 17.0 Å². The smallest absolute Gasteiger partial charge is 0.158 e. The van der Waals surface area contributed by atoms with Crippen molar-refractivity contribution >= 4 is 34.0 Å². The van der Waals surface area contributed by atoms with Crippen molar-refractivity contribution in [3.8, 4) is 12.1 Å². The quantitative estimate of drug-likeness (QED) is 0.131. The molecule has 0 N–H and O–H groups in total. The number of aliphatic imine (C=N–C) groups is 1. The van der Waals surface area contributed by atoms with Gasteiger partial charge in [-0.25, -0.2) is 4.99 Å². The second-order valence-corrected chi connectivity index (χ2v) is 13.9. The maximum atomic E-state index is 10.1. The lowest BCUT2D eigenvalue weighted by atomic mass is 9.92. The molecule has 5 nitrogen and oxygen atoms in total. The number of fused-ring (bicyclic) bond motifs is 3. The van der Waals surface area contributed by atoms with Crippen LogP contribution in [0.15, 0.2) is 191 Å². The monoisotopic (exact) mass is 697 g/mol. The molecule has 4 aromatic rings. The molecule has 2 aliphatic carbocycles. The SMILES string of the molecule is C=C(C#N)C(C#N)=N/C(C1=CC=C(N2C3=C(C=CCC=C3C)Cc3ccccc32)C=CC1)=C(\C)c1ccc(N2c3ccccc3Cc3ccccc32)cc1. The van der Waals surface area contributed by atoms with E-state index >= 15 is 0 Å². The van der Waals surface area contributed by atoms with Gasteiger partial charge in [-0.1, -0.05) is 104 Å². The van der Waals surface area contributed by atoms with Crippen LogP contribution in [-0.4, -0.2) is 5.71 Å². The summed E-state index contributed by atoms with van der Waals surface area (Å²) in [6.45, 7) is 8.06. The Kier molecular flexibility index (Phi) is 9.22. The zero-order chi connectivity index (χ0) is 37.2. The van der Waals surface area contributed by atoms with Crippen LogP contribution in [0.3, 0.4) is 0 Å². The van der Waals surface area contributed by atoms with Crippen molar-refractivity contribution in [1.29, 1.82) is 10.5 Å². The van der Waals surface area contributed by atoms with Crippen LogP contribution in [0.1, 0.15) is 48.9 Å². The minimum absolute atomic E-state index is 0.00842. The zero-order valence-corrected chi connectivity index (χ0v) is 30.6. The van der Waals surface area contributed by atoms with Crippen molar-refractivity contribution in [3.05, 3.63) is 208 Å². The molecule has 0 saturated heterocycles. The first kappa shape index (κ1) is 34.2. The molecule has 4 aromatic carbocycles. The third-order valence-electron chi connectivity index (χ3n) is 10.5. The van der Waals surface area contributed by atoms with E-state index in [9.17, 15) is 10.5 Å². The van der Waals surface area contributed by atoms with Crippen LogP contribution in [0.4, 0.5) is 22.7 Å². The fraction of sp³-hybridized carbons (Fsp3) is 0.122. The maximum Gasteiger partial charge on any atom is 0.158 e. The first-order chi connectivity index (χ1) is 26.4. The van der Waals surface area contributed by atoms with E-state index in [4.69, 9.17) is 4.99 Å². The predicted octanol–water partition coefficient (Wildman–Crippen LogP) is 11.8. The van der Waals surface area contributed by atoms with Crippen molar-refractivity contribution in [2.45, 2.75) is 39.5 Å². The zero-order valence-electron chi connectivity index (χ0n) is 30.6. The molecule has 0 fully saturated rings. The number of benzene rings is 4. The summed E-state index contributed by atoms with van der Waals surface area (Å²) in [6.07, 6.45) is 18.7. The number of para-hydroxylation sites is 3. The van der Waals surface area contributed by atoms with Gasteiger partial charge in [-0.05, 0) is 114 Å². The summed E-state index contributed by atoms with van der Waals surface area (Å²) in [5.74, 6) is 0. The number of rotatable bonds is 6. The van der Waals surface area contributed by atoms with Gasteiger partial charge < -0.3 is 9.80 Å². The number of nitrogens with zero attached hydrogens (tertiary/aromatic N) is 5. The van der Waals surface area contributed by atoms with Crippen molar-refractivity contribution in [1.82, 2.24) is 0 Å². The first-order valence-electron chi connectivity index (χ1n) is 18.3. The third kappa shape index (κ3) is 6.27. The van der Waals surface area contributed by atoms with Crippen LogP contribution in [-0.2, 0) is 12.8 Å². The van der Waals surface area contributed by atoms with Gasteiger partial charge >= 0.3 is 0 Å². The molecule has 260 valence electrons. The van der Waals surface area contributed by atoms with E-state index < -0.39 is 0 Å². The molecule has 5 heteroatoms. The minimum atomic E-state index is 0.00842. The first-order valence-corrected chi connectivity index (χ1v) is 18.3. The minimum Gasteiger partial charge on any atom is -0.310 e. The normalized spacial score (nSPS) is 16.5. The summed E-state index contributed by atoms with van der Waals surface area (Å²) < 4.78 is 0. The summed E-state index contributed by atoms with van der Waals surface area (Å²) in [5, 5.41) is 19.8. The second-order valence-electron chi connectivity index (χ2n) is 13.9. The van der Waals surface area contributed by atoms with Crippen molar-refractivity contribution < 1.29 is 0 Å². The Morgan fingerprint density at radius 3 is 2.00 bits per heavy atom. The summed E-state index contributed by atoms with van der Waals surface area (Å²) in [4.78, 5) is 9.57. The highest BCUT2D eigenvalue weighted by Gasteiger charge is 2.28. The number of anilines is 4. The Bertz CT molecular complexity index is 2500. The van der Waals surface area contributed by atoms with Crippen molar-refractivity contribution in [3.63, 3.8) is 0 Å². The van der Waals surface area contributed by atoms with E-state index in [-0.39, 0.29) is 11.3 Å². The molecule has 8 rings (SSSR count). The Morgan fingerprint density at radius 1 is 0.722 bits per heavy atom. The summed E-state index contributed by atoms with van der Waals surface area (Å²) in [7, 11) is 0. The van der Waals surface area contributed by atoms with Crippen LogP contribution < -0.4 is 9.80 Å². The average molecular weight is 698 g/mol. The molecule has 0 amide bonds. The van der Waals surface area contributed by atoms with Crippen LogP contribution >= 0.6 is 0 Å². The lowest BCUT2D eigenvalue weighted by Gasteiger charge is -2.36. The molecule has 0 aromatic heterocycles. The fourth-order valence-corrected chi connectivity index (χ4v) is 7.85. The van der Waals surface area contributed by atoms with Gasteiger partial charge in [0.15, 0.2) is 5.71 Å². The van der Waals surface area contributed by atoms with Crippen molar-refractivity contribution in [2.75, 3.05) is 9.80 Å². The Morgan fingerprint density at radius 2 is 1.35 bits per heavy atom. The highest BCUT2D eigenvalue weighted by Crippen LogP contribution is 2.45. The number of nitriles is 2. The maximum absolute atomic E-state index is 10.1. The van der Waals surface area contributed by atoms with Crippen LogP contribution in [0.2, 0.25) is 0 Å². The van der Waals surface area contributed by atoms with Gasteiger partial charge in [0.2, 0.25) is 0 Å². The topological polar surface area (TPSA) is 66.4 Å². The summed E-state index contributed by atoms with van der Waals surface area (Å²) >= 11 is 0. The molecule has 2 heterocycles. The average Bonchev–Trinajstić information content (AvgIpc) is 3.57. The highest BCUT2D eigenvalue weighted by atomic mass is 15.2. The molecule has 0 radical (unpaired) electrons. The van der Waals surface area contributed by atoms with Gasteiger partial charge in [-0.3, -0.25) is 0 Å². The molecule has 0 bridgehead atoms. The molecule has 0 unspecified atom stereocenters. The Labute approximate surface area is 317 Å². The van der Waals surface area contributed by atoms with Gasteiger partial charge in [0.25, 0.3) is 0 Å². The highest BCUT2D eigenvalue weighted by molar-refractivity contribution is 6.14. The molecule has 0 saturated carbocycles. The standard InChI is InChI=1S/C49H39N5/c1-33-13-4-5-17-41-30-40-16-8-11-22-47(40)54(49(33)41)42-19-12-18-37(25-28-42)48(52-44(32-51)34(2)31-50)35(3)36-23-26-43(27-24-36)53-45-20-9-6-14-38(45)29-39-15-7-10-21-46(39)53/h5-17,19-28H,2,4,18,29-30H2,1,3H3/b48-35+,52-44?. The largest absolute Gasteiger partial charge is 0.310 e. The van der Waals surface area contributed by atoms with E-state index in [1.807, 2.05) is 13.0 Å². The number of hydrogen-bond acceptors (Lipinski definition) is 5. The van der Waals surface area contributed by atoms with E-state index in [2.05, 4.69) is 169 Å². The third-order valence-corrected chi connectivity index (χ3v) is 10.5. The van der Waals surface area contributed by atoms with Crippen LogP contribution in [0.25, 0.3) is 5.57 Å². The molecule has 2 aliphatic heterocycles. The molecular weight excluding hydrogens is 659 g/mol. The predicted molar refractivity (Wildman–Crippen MR) is 221 cm³/mol. The van der Waals surface area contributed by atoms with Gasteiger partial charge in [-0.2, -0.15) is 10.5 Å². The van der Waals surface area contributed by atoms with Crippen molar-refractivity contribution in [2.24, 2.45) is 4.99 Å². The van der Waals surface area contributed by atoms with Gasteiger partial charge in [0.1, 0.15) is 12.1 Å². The molecular formula is C49H39N5. The molecule has 0 atom stereocenters. The summed E-state index contributed by atoms with van der Waals surface area (Å²) in [6, 6.07) is 38.4. The van der Waals surface area contributed by atoms with Crippen LogP contribution in [0.5, 0.6) is 0 Å². The van der Waals surface area contributed by atoms with Gasteiger partial charge in [-0.15, -0.1) is 0 Å². The molecule has 54 heavy (non-hydrogen) atoms.